The molecule has 0 radical (unpaired) electrons. The number of nitrogens with one attached hydrogen (secondary N) is 1. The zero-order valence-corrected chi connectivity index (χ0v) is 12.3. The van der Waals surface area contributed by atoms with Gasteiger partial charge in [-0.05, 0) is 35.9 Å². The van der Waals surface area contributed by atoms with E-state index in [0.29, 0.717) is 18.1 Å². The Morgan fingerprint density at radius 1 is 1.09 bits per heavy atom. The number of pyridine rings is 1. The first-order valence-electron chi connectivity index (χ1n) is 7.08. The largest absolute Gasteiger partial charge is 0.366 e. The molecule has 114 valence electrons. The molecular weight excluding hydrogens is 290 g/mol. The number of hydrogen-bond donors (Lipinski definition) is 2. The third-order valence-electron chi connectivity index (χ3n) is 3.30. The molecule has 3 N–H and O–H groups in total. The molecule has 23 heavy (non-hydrogen) atoms. The summed E-state index contributed by atoms with van der Waals surface area (Å²) in [5, 5.41) is 3.16. The van der Waals surface area contributed by atoms with Gasteiger partial charge in [-0.25, -0.2) is 9.97 Å². The lowest BCUT2D eigenvalue weighted by atomic mass is 10.1. The highest BCUT2D eigenvalue weighted by Gasteiger charge is 2.03. The van der Waals surface area contributed by atoms with Gasteiger partial charge in [0.15, 0.2) is 0 Å². The SMILES string of the molecule is NC(=O)c1ccc(CNc2nccc(-c3cccnc3)n2)cc1. The number of primary amides is 1. The number of benzene rings is 1. The molecule has 0 bridgehead atoms. The molecule has 0 fully saturated rings. The molecule has 2 heterocycles. The topological polar surface area (TPSA) is 93.8 Å². The third kappa shape index (κ3) is 3.68. The second kappa shape index (κ2) is 6.65. The summed E-state index contributed by atoms with van der Waals surface area (Å²) in [4.78, 5) is 23.8. The van der Waals surface area contributed by atoms with E-state index < -0.39 is 5.91 Å². The molecule has 0 unspecified atom stereocenters. The highest BCUT2D eigenvalue weighted by atomic mass is 16.1. The van der Waals surface area contributed by atoms with Crippen LogP contribution >= 0.6 is 0 Å². The summed E-state index contributed by atoms with van der Waals surface area (Å²) in [6.07, 6.45) is 5.18. The van der Waals surface area contributed by atoms with Crippen molar-refractivity contribution in [3.8, 4) is 11.3 Å². The van der Waals surface area contributed by atoms with E-state index in [1.165, 1.54) is 0 Å². The predicted octanol–water partition coefficient (Wildman–Crippen LogP) is 2.25. The van der Waals surface area contributed by atoms with Gasteiger partial charge in [0, 0.05) is 36.3 Å². The van der Waals surface area contributed by atoms with Crippen molar-refractivity contribution in [2.75, 3.05) is 5.32 Å². The summed E-state index contributed by atoms with van der Waals surface area (Å²) < 4.78 is 0. The summed E-state index contributed by atoms with van der Waals surface area (Å²) in [5.74, 6) is 0.0994. The Balaban J connectivity index is 1.70. The summed E-state index contributed by atoms with van der Waals surface area (Å²) in [5.41, 5.74) is 8.45. The second-order valence-corrected chi connectivity index (χ2v) is 4.92. The van der Waals surface area contributed by atoms with Crippen molar-refractivity contribution < 1.29 is 4.79 Å². The van der Waals surface area contributed by atoms with E-state index in [1.807, 2.05) is 30.3 Å². The molecule has 0 saturated heterocycles. The van der Waals surface area contributed by atoms with Crippen molar-refractivity contribution in [2.24, 2.45) is 5.73 Å². The van der Waals surface area contributed by atoms with Crippen molar-refractivity contribution in [3.05, 3.63) is 72.2 Å². The van der Waals surface area contributed by atoms with Crippen LogP contribution in [0.15, 0.2) is 61.1 Å². The van der Waals surface area contributed by atoms with Crippen LogP contribution in [-0.4, -0.2) is 20.9 Å². The first-order chi connectivity index (χ1) is 11.2. The van der Waals surface area contributed by atoms with Crippen molar-refractivity contribution in [1.29, 1.82) is 0 Å². The molecule has 0 saturated carbocycles. The average Bonchev–Trinajstić information content (AvgIpc) is 2.61. The zero-order valence-electron chi connectivity index (χ0n) is 12.3. The fourth-order valence-corrected chi connectivity index (χ4v) is 2.09. The van der Waals surface area contributed by atoms with E-state index in [-0.39, 0.29) is 0 Å². The van der Waals surface area contributed by atoms with Crippen LogP contribution < -0.4 is 11.1 Å². The van der Waals surface area contributed by atoms with E-state index in [1.54, 1.807) is 30.7 Å². The quantitative estimate of drug-likeness (QED) is 0.754. The van der Waals surface area contributed by atoms with Gasteiger partial charge in [-0.3, -0.25) is 9.78 Å². The maximum atomic E-state index is 11.0. The maximum Gasteiger partial charge on any atom is 0.248 e. The molecule has 0 aliphatic rings. The molecule has 6 nitrogen and oxygen atoms in total. The Morgan fingerprint density at radius 3 is 2.61 bits per heavy atom. The molecule has 1 aromatic carbocycles. The van der Waals surface area contributed by atoms with E-state index in [4.69, 9.17) is 5.73 Å². The molecule has 0 atom stereocenters. The van der Waals surface area contributed by atoms with Crippen molar-refractivity contribution in [3.63, 3.8) is 0 Å². The lowest BCUT2D eigenvalue weighted by Gasteiger charge is -2.07. The fourth-order valence-electron chi connectivity index (χ4n) is 2.09. The predicted molar refractivity (Wildman–Crippen MR) is 87.5 cm³/mol. The van der Waals surface area contributed by atoms with Crippen LogP contribution in [0.5, 0.6) is 0 Å². The normalized spacial score (nSPS) is 10.3. The zero-order chi connectivity index (χ0) is 16.1. The highest BCUT2D eigenvalue weighted by molar-refractivity contribution is 5.92. The van der Waals surface area contributed by atoms with Crippen LogP contribution in [0.2, 0.25) is 0 Å². The van der Waals surface area contributed by atoms with E-state index in [9.17, 15) is 4.79 Å². The van der Waals surface area contributed by atoms with E-state index in [0.717, 1.165) is 16.8 Å². The van der Waals surface area contributed by atoms with Crippen molar-refractivity contribution in [2.45, 2.75) is 6.54 Å². The molecule has 0 spiro atoms. The molecule has 6 heteroatoms. The van der Waals surface area contributed by atoms with Gasteiger partial charge in [-0.1, -0.05) is 12.1 Å². The number of amides is 1. The smallest absolute Gasteiger partial charge is 0.248 e. The van der Waals surface area contributed by atoms with Crippen LogP contribution in [0.3, 0.4) is 0 Å². The van der Waals surface area contributed by atoms with Crippen molar-refractivity contribution >= 4 is 11.9 Å². The van der Waals surface area contributed by atoms with Gasteiger partial charge in [0.05, 0.1) is 5.69 Å². The lowest BCUT2D eigenvalue weighted by Crippen LogP contribution is -2.11. The molecule has 2 aromatic heterocycles. The Hall–Kier alpha value is -3.28. The van der Waals surface area contributed by atoms with Gasteiger partial charge in [0.1, 0.15) is 0 Å². The van der Waals surface area contributed by atoms with Crippen molar-refractivity contribution in [1.82, 2.24) is 15.0 Å². The van der Waals surface area contributed by atoms with E-state index >= 15 is 0 Å². The van der Waals surface area contributed by atoms with E-state index in [2.05, 4.69) is 20.3 Å². The number of aromatic nitrogens is 3. The second-order valence-electron chi connectivity index (χ2n) is 4.92. The highest BCUT2D eigenvalue weighted by Crippen LogP contribution is 2.16. The third-order valence-corrected chi connectivity index (χ3v) is 3.30. The van der Waals surface area contributed by atoms with Gasteiger partial charge in [0.25, 0.3) is 0 Å². The minimum Gasteiger partial charge on any atom is -0.366 e. The Labute approximate surface area is 133 Å². The Bertz CT molecular complexity index is 803. The number of nitrogens with two attached hydrogens (primary N) is 1. The number of hydrogen-bond acceptors (Lipinski definition) is 5. The Morgan fingerprint density at radius 2 is 1.91 bits per heavy atom. The summed E-state index contributed by atoms with van der Waals surface area (Å²) in [6, 6.07) is 12.7. The summed E-state index contributed by atoms with van der Waals surface area (Å²) >= 11 is 0. The number of rotatable bonds is 5. The molecule has 3 aromatic rings. The van der Waals surface area contributed by atoms with Crippen LogP contribution in [0, 0.1) is 0 Å². The molecule has 0 aliphatic heterocycles. The standard InChI is InChI=1S/C17H15N5O/c18-16(23)13-5-3-12(4-6-13)10-21-17-20-9-7-15(22-17)14-2-1-8-19-11-14/h1-9,11H,10H2,(H2,18,23)(H,20,21,22). The Kier molecular flexibility index (Phi) is 4.24. The number of carbonyl (C=O) groups excluding carboxylic acids is 1. The minimum absolute atomic E-state index is 0.433. The molecule has 1 amide bonds. The number of anilines is 1. The van der Waals surface area contributed by atoms with Gasteiger partial charge in [-0.2, -0.15) is 0 Å². The van der Waals surface area contributed by atoms with Gasteiger partial charge < -0.3 is 11.1 Å². The van der Waals surface area contributed by atoms with Gasteiger partial charge >= 0.3 is 0 Å². The maximum absolute atomic E-state index is 11.0. The average molecular weight is 305 g/mol. The summed E-state index contributed by atoms with van der Waals surface area (Å²) in [6.45, 7) is 0.551. The summed E-state index contributed by atoms with van der Waals surface area (Å²) in [7, 11) is 0. The number of nitrogens with zero attached hydrogens (tertiary/aromatic N) is 3. The first kappa shape index (κ1) is 14.6. The van der Waals surface area contributed by atoms with Crippen LogP contribution in [0.1, 0.15) is 15.9 Å². The fraction of sp³-hybridized carbons (Fsp3) is 0.0588. The van der Waals surface area contributed by atoms with Crippen LogP contribution in [0.4, 0.5) is 5.95 Å². The number of carbonyl (C=O) groups is 1. The minimum atomic E-state index is -0.433. The van der Waals surface area contributed by atoms with Gasteiger partial charge in [0.2, 0.25) is 11.9 Å². The first-order valence-corrected chi connectivity index (χ1v) is 7.08. The molecule has 0 aliphatic carbocycles. The van der Waals surface area contributed by atoms with Crippen LogP contribution in [0.25, 0.3) is 11.3 Å². The van der Waals surface area contributed by atoms with Crippen LogP contribution in [-0.2, 0) is 6.54 Å². The molecular formula is C17H15N5O. The monoisotopic (exact) mass is 305 g/mol. The lowest BCUT2D eigenvalue weighted by molar-refractivity contribution is 0.100. The molecule has 3 rings (SSSR count). The van der Waals surface area contributed by atoms with Gasteiger partial charge in [-0.15, -0.1) is 0 Å².